The number of fused-ring (bicyclic) bond motifs is 4. The van der Waals surface area contributed by atoms with Crippen LogP contribution in [-0.4, -0.2) is 78.9 Å². The summed E-state index contributed by atoms with van der Waals surface area (Å²) in [5.41, 5.74) is 1.00. The number of aromatic hydroxyl groups is 4. The molecule has 28 nitrogen and oxygen atoms in total. The standard InChI is InChI=1S/C62H47N11O17S4/c1-3-23-90-54-32-50(69-71-52-30-40(91(78,79)80)26-36-27-41(92(81,82)83)31-53(74)57(36)52)33(2)24-51(54)70-73-59-56(94(87,88)89)28-35-13-15-39(29-45(35)62(59)77)65-72-58-43-18-22-49(61(76)44(43)19-21-47(58)63-37-9-5-4-6-10-37)67-64-38-16-17-42-34(25-38)14-20-48(60(42)75)68-66-46-11-7-8-12-55(46)93(84,85)86/h4-22,24-32,63,74-77H,3,23H2,1-2H3,(H,78,79,80)(H,81,82,83)(H,84,85,86)(H,87,88,89). The number of azo groups is 5. The number of nitrogens with one attached hydrogen (secondary N) is 1. The van der Waals surface area contributed by atoms with Crippen LogP contribution in [0.1, 0.15) is 18.9 Å². The van der Waals surface area contributed by atoms with Gasteiger partial charge in [-0.15, -0.1) is 35.8 Å². The van der Waals surface area contributed by atoms with Crippen LogP contribution < -0.4 is 10.1 Å². The van der Waals surface area contributed by atoms with Gasteiger partial charge in [0.25, 0.3) is 40.5 Å². The average Bonchev–Trinajstić information content (AvgIpc) is 0.795. The third kappa shape index (κ3) is 13.7. The number of phenolic OH excluding ortho intramolecular Hbond substituents is 4. The van der Waals surface area contributed by atoms with Crippen LogP contribution in [0.3, 0.4) is 0 Å². The van der Waals surface area contributed by atoms with E-state index in [-0.39, 0.29) is 96.3 Å². The summed E-state index contributed by atoms with van der Waals surface area (Å²) in [7, 11) is -19.6. The van der Waals surface area contributed by atoms with Crippen LogP contribution in [0.5, 0.6) is 28.7 Å². The Bertz CT molecular complexity index is 5600. The molecule has 11 rings (SSSR count). The summed E-state index contributed by atoms with van der Waals surface area (Å²) >= 11 is 0. The molecule has 94 heavy (non-hydrogen) atoms. The molecule has 0 fully saturated rings. The van der Waals surface area contributed by atoms with E-state index in [1.54, 1.807) is 56.3 Å². The Kier molecular flexibility index (Phi) is 17.5. The maximum Gasteiger partial charge on any atom is 0.296 e. The number of hydrogen-bond acceptors (Lipinski definition) is 24. The quantitative estimate of drug-likeness (QED) is 0.0268. The highest BCUT2D eigenvalue weighted by Gasteiger charge is 2.25. The van der Waals surface area contributed by atoms with Gasteiger partial charge >= 0.3 is 0 Å². The highest BCUT2D eigenvalue weighted by atomic mass is 32.2. The van der Waals surface area contributed by atoms with Crippen molar-refractivity contribution in [2.75, 3.05) is 11.9 Å². The predicted octanol–water partition coefficient (Wildman–Crippen LogP) is 17.0. The van der Waals surface area contributed by atoms with Gasteiger partial charge in [-0.2, -0.15) is 49.0 Å². The number of benzene rings is 11. The molecule has 476 valence electrons. The lowest BCUT2D eigenvalue weighted by Crippen LogP contribution is -2.00. The van der Waals surface area contributed by atoms with Crippen LogP contribution in [0, 0.1) is 6.92 Å². The number of hydrogen-bond donors (Lipinski definition) is 9. The molecule has 0 heterocycles. The molecule has 0 spiro atoms. The van der Waals surface area contributed by atoms with Gasteiger partial charge in [-0.05, 0) is 150 Å². The molecular formula is C62H47N11O17S4. The summed E-state index contributed by atoms with van der Waals surface area (Å²) in [4.78, 5) is -2.83. The molecule has 0 unspecified atom stereocenters. The SMILES string of the molecule is CCCOc1cc(N=Nc2cc(S(=O)(=O)O)cc3cc(S(=O)(=O)O)cc(O)c23)c(C)cc1N=Nc1c(S(=O)(=O)O)cc2ccc(N=Nc3c(Nc4ccccc4)ccc4c(O)c(N=Nc5ccc6c(O)c(N=Nc7ccccc7S(=O)(=O)O)ccc6c5)ccc34)cc2c1O. The molecule has 11 aromatic rings. The van der Waals surface area contributed by atoms with Crippen molar-refractivity contribution in [3.05, 3.63) is 175 Å². The van der Waals surface area contributed by atoms with Crippen LogP contribution >= 0.6 is 0 Å². The van der Waals surface area contributed by atoms with E-state index in [0.717, 1.165) is 30.3 Å². The van der Waals surface area contributed by atoms with Crippen molar-refractivity contribution in [3.63, 3.8) is 0 Å². The van der Waals surface area contributed by atoms with Crippen LogP contribution in [0.25, 0.3) is 43.1 Å². The van der Waals surface area contributed by atoms with Gasteiger partial charge < -0.3 is 30.5 Å². The van der Waals surface area contributed by atoms with E-state index in [0.29, 0.717) is 51.3 Å². The Balaban J connectivity index is 0.912. The lowest BCUT2D eigenvalue weighted by molar-refractivity contribution is 0.318. The lowest BCUT2D eigenvalue weighted by Gasteiger charge is -2.13. The van der Waals surface area contributed by atoms with E-state index in [1.165, 1.54) is 60.7 Å². The second-order valence-corrected chi connectivity index (χ2v) is 26.2. The fourth-order valence-corrected chi connectivity index (χ4v) is 12.1. The van der Waals surface area contributed by atoms with Crippen molar-refractivity contribution in [1.82, 2.24) is 0 Å². The van der Waals surface area contributed by atoms with Crippen LogP contribution in [0.4, 0.5) is 68.2 Å². The smallest absolute Gasteiger partial charge is 0.296 e. The fourth-order valence-electron chi connectivity index (χ4n) is 9.71. The normalized spacial score (nSPS) is 12.7. The summed E-state index contributed by atoms with van der Waals surface area (Å²) < 4.78 is 144. The van der Waals surface area contributed by atoms with Gasteiger partial charge in [0.1, 0.15) is 55.4 Å². The summed E-state index contributed by atoms with van der Waals surface area (Å²) in [6.07, 6.45) is 0.469. The monoisotopic (exact) mass is 1350 g/mol. The first-order chi connectivity index (χ1) is 44.6. The molecule has 0 atom stereocenters. The first kappa shape index (κ1) is 64.4. The van der Waals surface area contributed by atoms with Crippen molar-refractivity contribution in [2.24, 2.45) is 51.1 Å². The summed E-state index contributed by atoms with van der Waals surface area (Å²) in [5.74, 6) is -2.06. The minimum Gasteiger partial charge on any atom is -0.507 e. The maximum atomic E-state index is 13.0. The van der Waals surface area contributed by atoms with Gasteiger partial charge in [-0.25, -0.2) is 0 Å². The zero-order valence-corrected chi connectivity index (χ0v) is 51.7. The van der Waals surface area contributed by atoms with Crippen molar-refractivity contribution in [3.8, 4) is 28.7 Å². The highest BCUT2D eigenvalue weighted by Crippen LogP contribution is 2.48. The van der Waals surface area contributed by atoms with Gasteiger partial charge in [0.2, 0.25) is 0 Å². The molecule has 11 aromatic carbocycles. The van der Waals surface area contributed by atoms with Gasteiger partial charge in [0, 0.05) is 39.4 Å². The Morgan fingerprint density at radius 2 is 0.957 bits per heavy atom. The van der Waals surface area contributed by atoms with E-state index >= 15 is 0 Å². The number of para-hydroxylation sites is 1. The molecule has 0 aliphatic rings. The molecule has 0 radical (unpaired) electrons. The highest BCUT2D eigenvalue weighted by molar-refractivity contribution is 7.86. The number of anilines is 2. The predicted molar refractivity (Wildman–Crippen MR) is 346 cm³/mol. The molecule has 0 amide bonds. The van der Waals surface area contributed by atoms with Crippen LogP contribution in [0.15, 0.2) is 241 Å². The largest absolute Gasteiger partial charge is 0.507 e. The average molecular weight is 1350 g/mol. The van der Waals surface area contributed by atoms with Gasteiger partial charge in [-0.1, -0.05) is 49.4 Å². The molecule has 0 aliphatic carbocycles. The third-order valence-electron chi connectivity index (χ3n) is 14.2. The minimum absolute atomic E-state index is 0.0101. The second kappa shape index (κ2) is 25.5. The van der Waals surface area contributed by atoms with Gasteiger partial charge in [0.15, 0.2) is 17.2 Å². The van der Waals surface area contributed by atoms with E-state index in [9.17, 15) is 72.3 Å². The summed E-state index contributed by atoms with van der Waals surface area (Å²) in [6.45, 7) is 3.43. The molecule has 32 heteroatoms. The van der Waals surface area contributed by atoms with Crippen LogP contribution in [0.2, 0.25) is 0 Å². The first-order valence-corrected chi connectivity index (χ1v) is 33.2. The van der Waals surface area contributed by atoms with Crippen molar-refractivity contribution >= 4 is 152 Å². The summed E-state index contributed by atoms with van der Waals surface area (Å²) in [5, 5.41) is 92.5. The number of rotatable bonds is 19. The van der Waals surface area contributed by atoms with Gasteiger partial charge in [0.05, 0.1) is 50.2 Å². The van der Waals surface area contributed by atoms with Crippen molar-refractivity contribution < 1.29 is 77.0 Å². The maximum absolute atomic E-state index is 13.0. The van der Waals surface area contributed by atoms with E-state index in [1.807, 2.05) is 30.3 Å². The number of nitrogens with zero attached hydrogens (tertiary/aromatic N) is 10. The molecule has 9 N–H and O–H groups in total. The molecule has 0 aliphatic heterocycles. The minimum atomic E-state index is -5.12. The van der Waals surface area contributed by atoms with E-state index in [2.05, 4.69) is 56.5 Å². The van der Waals surface area contributed by atoms with E-state index < -0.39 is 77.2 Å². The topological polar surface area (TPSA) is 443 Å². The molecule has 0 bridgehead atoms. The second-order valence-electron chi connectivity index (χ2n) is 20.6. The Morgan fingerprint density at radius 1 is 0.404 bits per heavy atom. The van der Waals surface area contributed by atoms with Crippen molar-refractivity contribution in [1.29, 1.82) is 0 Å². The Hall–Kier alpha value is -11.1. The molecule has 0 aromatic heterocycles. The number of aryl methyl sites for hydroxylation is 1. The third-order valence-corrected chi connectivity index (χ3v) is 17.6. The number of ether oxygens (including phenoxy) is 1. The number of phenols is 4. The lowest BCUT2D eigenvalue weighted by atomic mass is 10.0. The Labute approximate surface area is 533 Å². The van der Waals surface area contributed by atoms with Crippen LogP contribution in [-0.2, 0) is 40.5 Å². The van der Waals surface area contributed by atoms with Crippen molar-refractivity contribution in [2.45, 2.75) is 39.9 Å². The molecular weight excluding hydrogens is 1300 g/mol. The molecule has 0 saturated heterocycles. The van der Waals surface area contributed by atoms with Gasteiger partial charge in [-0.3, -0.25) is 18.2 Å². The zero-order chi connectivity index (χ0) is 67.0. The van der Waals surface area contributed by atoms with E-state index in [4.69, 9.17) is 4.74 Å². The fraction of sp³-hybridized carbons (Fsp3) is 0.0645. The zero-order valence-electron chi connectivity index (χ0n) is 48.4. The molecule has 0 saturated carbocycles. The first-order valence-electron chi connectivity index (χ1n) is 27.4. The summed E-state index contributed by atoms with van der Waals surface area (Å²) in [6, 6.07) is 40.1. The Morgan fingerprint density at radius 3 is 1.67 bits per heavy atom.